The number of rotatable bonds is 32. The van der Waals surface area contributed by atoms with Gasteiger partial charge in [-0.2, -0.15) is 0 Å². The van der Waals surface area contributed by atoms with Crippen molar-refractivity contribution in [3.63, 3.8) is 0 Å². The number of hydrogen-bond acceptors (Lipinski definition) is 23. The fourth-order valence-electron chi connectivity index (χ4n) is 10.2. The molecule has 0 spiro atoms. The Morgan fingerprint density at radius 3 is 1.63 bits per heavy atom. The summed E-state index contributed by atoms with van der Waals surface area (Å²) in [5.41, 5.74) is 8.15. The number of para-hydroxylation sites is 1. The van der Waals surface area contributed by atoms with Crippen molar-refractivity contribution in [2.45, 2.75) is 113 Å². The molecule has 3 aromatic carbocycles. The van der Waals surface area contributed by atoms with Gasteiger partial charge in [-0.15, -0.1) is 0 Å². The van der Waals surface area contributed by atoms with E-state index in [1.807, 2.05) is 66.7 Å². The van der Waals surface area contributed by atoms with Gasteiger partial charge in [-0.1, -0.05) is 104 Å². The molecule has 107 heavy (non-hydrogen) atoms. The summed E-state index contributed by atoms with van der Waals surface area (Å²) in [4.78, 5) is 99.6. The first-order valence-corrected chi connectivity index (χ1v) is 35.9. The number of likely N-dealkylation sites (tertiary alicyclic amines) is 1. The van der Waals surface area contributed by atoms with Gasteiger partial charge in [-0.25, -0.2) is 24.2 Å². The molecule has 31 heteroatoms. The molecular weight excluding hydrogens is 1380 g/mol. The molecule has 0 saturated carbocycles. The molecule has 2 fully saturated rings. The van der Waals surface area contributed by atoms with Gasteiger partial charge in [-0.05, 0) is 120 Å². The summed E-state index contributed by atoms with van der Waals surface area (Å²) in [7, 11) is 0. The fourth-order valence-corrected chi connectivity index (χ4v) is 10.2. The Labute approximate surface area is 625 Å². The maximum absolute atomic E-state index is 11.7. The average Bonchev–Trinajstić information content (AvgIpc) is 1.48. The molecule has 8 amide bonds. The lowest BCUT2D eigenvalue weighted by Crippen LogP contribution is -2.39. The van der Waals surface area contributed by atoms with Crippen LogP contribution in [0.15, 0.2) is 143 Å². The van der Waals surface area contributed by atoms with E-state index in [0.29, 0.717) is 82.3 Å². The Morgan fingerprint density at radius 1 is 0.505 bits per heavy atom. The van der Waals surface area contributed by atoms with E-state index in [2.05, 4.69) is 122 Å². The maximum atomic E-state index is 11.7. The van der Waals surface area contributed by atoms with Crippen molar-refractivity contribution in [2.75, 3.05) is 117 Å². The number of fused-ring (bicyclic) bond motifs is 1. The molecule has 0 radical (unpaired) electrons. The molecule has 6 aromatic rings. The minimum absolute atomic E-state index is 0.144. The number of esters is 4. The van der Waals surface area contributed by atoms with Crippen molar-refractivity contribution in [3.8, 4) is 22.8 Å². The first-order valence-electron chi connectivity index (χ1n) is 35.9. The summed E-state index contributed by atoms with van der Waals surface area (Å²) in [5, 5.41) is 30.6. The molecule has 10 N–H and O–H groups in total. The van der Waals surface area contributed by atoms with Gasteiger partial charge in [0.05, 0.1) is 58.3 Å². The second-order valence-electron chi connectivity index (χ2n) is 23.8. The summed E-state index contributed by atoms with van der Waals surface area (Å²) >= 11 is 0. The fraction of sp³-hybridized carbons (Fsp3) is 0.447. The summed E-state index contributed by atoms with van der Waals surface area (Å²) in [6.45, 7) is 29.8. The van der Waals surface area contributed by atoms with Gasteiger partial charge >= 0.3 is 48.0 Å². The van der Waals surface area contributed by atoms with E-state index < -0.39 is 48.0 Å². The number of aryl methyl sites for hydroxylation is 1. The molecule has 9 rings (SSSR count). The number of morpholine rings is 1. The van der Waals surface area contributed by atoms with Crippen LogP contribution in [-0.2, 0) is 82.1 Å². The number of urea groups is 4. The second kappa shape index (κ2) is 51.0. The van der Waals surface area contributed by atoms with Crippen LogP contribution in [0.25, 0.3) is 11.3 Å². The number of piperidine rings is 1. The number of pyridine rings is 1. The van der Waals surface area contributed by atoms with Crippen LogP contribution in [0.4, 0.5) is 25.0 Å². The third kappa shape index (κ3) is 36.3. The SMILES string of the molecule is C=C(CCC)CNC(=C)NCc1cccc(CN2CCCCC2)c1.CCOC(=O)CNC(=O)NCc1cc(C)on1.CCOC(=O)CNC(=O)NCc1cccc2c1OCCO2.CCOC(=O)CNC(=O)NCc1ccccc1-c1ccco1.CCOC(=O)CNC(=O)NCc1ccnc(N2CCOCC2)c1. The molecule has 0 unspecified atom stereocenters. The Hall–Kier alpha value is -11.3. The Kier molecular flexibility index (Phi) is 41.1. The Bertz CT molecular complexity index is 3690. The summed E-state index contributed by atoms with van der Waals surface area (Å²) in [5.74, 6) is 2.62. The Balaban J connectivity index is 0.000000241. The van der Waals surface area contributed by atoms with Crippen molar-refractivity contribution >= 4 is 53.8 Å². The topological polar surface area (TPSA) is 380 Å². The summed E-state index contributed by atoms with van der Waals surface area (Å²) < 4.78 is 45.4. The molecule has 3 aromatic heterocycles. The highest BCUT2D eigenvalue weighted by atomic mass is 16.6. The number of aromatic nitrogens is 2. The van der Waals surface area contributed by atoms with Crippen molar-refractivity contribution in [3.05, 3.63) is 173 Å². The number of carbonyl (C=O) groups excluding carboxylic acids is 8. The molecule has 2 saturated heterocycles. The van der Waals surface area contributed by atoms with Crippen LogP contribution in [-0.4, -0.2) is 175 Å². The molecule has 6 heterocycles. The minimum atomic E-state index is -0.472. The second-order valence-corrected chi connectivity index (χ2v) is 23.8. The standard InChI is InChI=1S/C21H33N3.C16H18N2O4.C15H22N4O4.C14H18N2O5.C10H15N3O4/c1-4-9-18(2)15-22-19(3)23-16-20-10-8-11-21(14-20)17-24-12-6-5-7-13-24;1-2-21-15(19)11-18-16(20)17-10-12-6-3-4-7-13(12)14-8-5-9-22-14;1-2-23-14(20)11-18-15(21)17-10-12-3-4-16-13(9-12)19-5-7-22-8-6-19;1-2-19-12(17)9-16-14(18)15-8-10-4-3-5-11-13(10)21-7-6-20-11;1-3-16-9(14)6-12-10(15)11-5-8-4-7(2)17-13-8/h8,10-11,14,22-23H,2-7,9,12-13,15-17H2,1H3;3-9H,2,10-11H2,1H3,(H2,17,18,20);3-4,9H,2,5-8,10-11H2,1H3,(H2,17,18,21);3-5H,2,6-9H2,1H3,(H2,15,16,18);4H,3,5-6H2,1-2H3,(H2,11,12,15). The zero-order chi connectivity index (χ0) is 77.2. The van der Waals surface area contributed by atoms with Gasteiger partial charge in [0.2, 0.25) is 0 Å². The smallest absolute Gasteiger partial charge is 0.325 e. The molecule has 31 nitrogen and oxygen atoms in total. The largest absolute Gasteiger partial charge is 0.486 e. The van der Waals surface area contributed by atoms with Gasteiger partial charge in [-0.3, -0.25) is 24.1 Å². The van der Waals surface area contributed by atoms with E-state index in [4.69, 9.17) is 37.4 Å². The number of furan rings is 1. The highest BCUT2D eigenvalue weighted by Crippen LogP contribution is 2.33. The number of benzene rings is 3. The normalized spacial score (nSPS) is 12.5. The van der Waals surface area contributed by atoms with E-state index in [9.17, 15) is 38.4 Å². The van der Waals surface area contributed by atoms with Crippen LogP contribution in [0.2, 0.25) is 0 Å². The van der Waals surface area contributed by atoms with Crippen molar-refractivity contribution in [2.24, 2.45) is 0 Å². The first kappa shape index (κ1) is 86.3. The lowest BCUT2D eigenvalue weighted by Gasteiger charge is -2.28. The summed E-state index contributed by atoms with van der Waals surface area (Å²) in [6.07, 6.45) is 9.61. The van der Waals surface area contributed by atoms with E-state index in [0.717, 1.165) is 85.2 Å². The number of ether oxygens (including phenoxy) is 7. The highest BCUT2D eigenvalue weighted by molar-refractivity contribution is 5.83. The van der Waals surface area contributed by atoms with Crippen LogP contribution in [0, 0.1) is 6.92 Å². The predicted molar refractivity (Wildman–Crippen MR) is 401 cm³/mol. The number of amides is 8. The minimum Gasteiger partial charge on any atom is -0.486 e. The monoisotopic (exact) mass is 1490 g/mol. The van der Waals surface area contributed by atoms with E-state index >= 15 is 0 Å². The van der Waals surface area contributed by atoms with E-state index in [1.54, 1.807) is 53.1 Å². The molecule has 3 aliphatic heterocycles. The number of carbonyl (C=O) groups is 8. The molecule has 0 atom stereocenters. The van der Waals surface area contributed by atoms with E-state index in [-0.39, 0.29) is 45.9 Å². The van der Waals surface area contributed by atoms with Crippen molar-refractivity contribution in [1.82, 2.24) is 68.2 Å². The van der Waals surface area contributed by atoms with Crippen molar-refractivity contribution < 1.29 is 80.5 Å². The number of hydrogen-bond donors (Lipinski definition) is 10. The molecule has 3 aliphatic rings. The van der Waals surface area contributed by atoms with Crippen LogP contribution in [0.5, 0.6) is 11.5 Å². The van der Waals surface area contributed by atoms with Gasteiger partial charge < -0.3 is 100 Å². The zero-order valence-corrected chi connectivity index (χ0v) is 62.3. The maximum Gasteiger partial charge on any atom is 0.325 e. The molecule has 0 aliphatic carbocycles. The Morgan fingerprint density at radius 2 is 1.05 bits per heavy atom. The third-order valence-corrected chi connectivity index (χ3v) is 15.3. The lowest BCUT2D eigenvalue weighted by molar-refractivity contribution is -0.142. The number of nitrogens with one attached hydrogen (secondary N) is 10. The number of nitrogens with zero attached hydrogens (tertiary/aromatic N) is 4. The predicted octanol–water partition coefficient (Wildman–Crippen LogP) is 7.93. The van der Waals surface area contributed by atoms with Gasteiger partial charge in [0.15, 0.2) is 11.5 Å². The van der Waals surface area contributed by atoms with Crippen LogP contribution >= 0.6 is 0 Å². The quantitative estimate of drug-likeness (QED) is 0.0109. The molecule has 582 valence electrons. The first-order chi connectivity index (χ1) is 51.9. The number of anilines is 1. The van der Waals surface area contributed by atoms with Crippen LogP contribution in [0.3, 0.4) is 0 Å². The van der Waals surface area contributed by atoms with E-state index in [1.165, 1.54) is 49.1 Å². The van der Waals surface area contributed by atoms with Crippen LogP contribution in [0.1, 0.15) is 106 Å². The average molecular weight is 1490 g/mol. The lowest BCUT2D eigenvalue weighted by atomic mass is 10.1. The van der Waals surface area contributed by atoms with Crippen molar-refractivity contribution in [1.29, 1.82) is 0 Å². The summed E-state index contributed by atoms with van der Waals surface area (Å²) in [6, 6.07) is 29.4. The van der Waals surface area contributed by atoms with Crippen LogP contribution < -0.4 is 67.5 Å². The van der Waals surface area contributed by atoms with Gasteiger partial charge in [0.1, 0.15) is 62.4 Å². The molecular formula is C76H106N14O17. The molecule has 0 bridgehead atoms. The van der Waals surface area contributed by atoms with Gasteiger partial charge in [0, 0.05) is 75.7 Å². The zero-order valence-electron chi connectivity index (χ0n) is 62.3. The third-order valence-electron chi connectivity index (χ3n) is 15.3. The highest BCUT2D eigenvalue weighted by Gasteiger charge is 2.19. The van der Waals surface area contributed by atoms with Gasteiger partial charge in [0.25, 0.3) is 0 Å².